The molecule has 0 aromatic carbocycles. The van der Waals surface area contributed by atoms with E-state index < -0.39 is 27.0 Å². The van der Waals surface area contributed by atoms with E-state index in [0.29, 0.717) is 41.5 Å². The Balaban J connectivity index is 1.62. The summed E-state index contributed by atoms with van der Waals surface area (Å²) in [5.41, 5.74) is 0.642. The van der Waals surface area contributed by atoms with Gasteiger partial charge in [-0.3, -0.25) is 4.40 Å². The molecule has 0 radical (unpaired) electrons. The Morgan fingerprint density at radius 1 is 1.28 bits per heavy atom. The highest BCUT2D eigenvalue weighted by molar-refractivity contribution is 7.89. The van der Waals surface area contributed by atoms with Crippen LogP contribution in [-0.2, 0) is 14.8 Å². The number of hydrogen-bond donors (Lipinski definition) is 1. The Bertz CT molecular complexity index is 1380. The van der Waals surface area contributed by atoms with Crippen LogP contribution in [0.2, 0.25) is 5.15 Å². The number of imidazole rings is 1. The summed E-state index contributed by atoms with van der Waals surface area (Å²) in [4.78, 5) is 6.52. The van der Waals surface area contributed by atoms with Gasteiger partial charge in [-0.1, -0.05) is 22.9 Å². The van der Waals surface area contributed by atoms with Gasteiger partial charge in [0.2, 0.25) is 10.0 Å². The van der Waals surface area contributed by atoms with Gasteiger partial charge in [0, 0.05) is 31.9 Å². The molecule has 1 aliphatic carbocycles. The zero-order valence-corrected chi connectivity index (χ0v) is 22.4. The molecule has 1 saturated heterocycles. The molecule has 3 aromatic rings. The van der Waals surface area contributed by atoms with Crippen molar-refractivity contribution in [3.63, 3.8) is 0 Å². The summed E-state index contributed by atoms with van der Waals surface area (Å²) >= 11 is 7.27. The van der Waals surface area contributed by atoms with Gasteiger partial charge in [-0.2, -0.15) is 0 Å². The van der Waals surface area contributed by atoms with Crippen molar-refractivity contribution in [1.29, 1.82) is 0 Å². The summed E-state index contributed by atoms with van der Waals surface area (Å²) in [6, 6.07) is 1.62. The number of nitrogens with one attached hydrogen (secondary N) is 1. The number of anilines is 1. The van der Waals surface area contributed by atoms with Crippen LogP contribution in [0.4, 0.5) is 14.5 Å². The van der Waals surface area contributed by atoms with E-state index in [-0.39, 0.29) is 27.0 Å². The van der Waals surface area contributed by atoms with E-state index in [1.54, 1.807) is 13.2 Å². The van der Waals surface area contributed by atoms with Crippen molar-refractivity contribution >= 4 is 44.2 Å². The van der Waals surface area contributed by atoms with Crippen molar-refractivity contribution in [2.75, 3.05) is 25.1 Å². The Labute approximate surface area is 216 Å². The SMILES string of the molecule is COC(C)C1CCN(c2cc(S(=O)(=O)NC3(C)CC3)cn3c(-c4nnc(C(F)F)s4)nc(Cl)c23)CC1. The van der Waals surface area contributed by atoms with Gasteiger partial charge in [-0.25, -0.2) is 26.9 Å². The van der Waals surface area contributed by atoms with E-state index in [9.17, 15) is 17.2 Å². The minimum absolute atomic E-state index is 0.0411. The number of fused-ring (bicyclic) bond motifs is 1. The van der Waals surface area contributed by atoms with E-state index in [1.165, 1.54) is 10.6 Å². The average Bonchev–Trinajstić information content (AvgIpc) is 3.22. The second-order valence-corrected chi connectivity index (χ2v) is 12.7. The highest BCUT2D eigenvalue weighted by Crippen LogP contribution is 2.40. The number of hydrogen-bond acceptors (Lipinski definition) is 8. The standard InChI is InChI=1S/C22H27ClF2N6O3S2/c1-12(34-3)13-4-8-30(9-5-13)15-10-14(36(32,33)29-22(2)6-7-22)11-31-16(15)17(23)26-19(31)21-28-27-20(35-21)18(24)25/h10-13,18,29H,4-9H2,1-3H3. The predicted molar refractivity (Wildman–Crippen MR) is 133 cm³/mol. The summed E-state index contributed by atoms with van der Waals surface area (Å²) in [5.74, 6) is 0.550. The molecule has 2 aliphatic rings. The summed E-state index contributed by atoms with van der Waals surface area (Å²) in [7, 11) is -2.18. The second kappa shape index (κ2) is 9.43. The van der Waals surface area contributed by atoms with E-state index in [1.807, 2.05) is 13.8 Å². The second-order valence-electron chi connectivity index (χ2n) is 9.68. The van der Waals surface area contributed by atoms with Crippen molar-refractivity contribution in [3.05, 3.63) is 22.4 Å². The van der Waals surface area contributed by atoms with Crippen LogP contribution in [0.15, 0.2) is 17.2 Å². The molecule has 3 aromatic heterocycles. The van der Waals surface area contributed by atoms with Gasteiger partial charge in [0.15, 0.2) is 21.0 Å². The molecule has 9 nitrogen and oxygen atoms in total. The first-order valence-corrected chi connectivity index (χ1v) is 14.3. The van der Waals surface area contributed by atoms with E-state index in [4.69, 9.17) is 16.3 Å². The first-order valence-electron chi connectivity index (χ1n) is 11.7. The van der Waals surface area contributed by atoms with Crippen LogP contribution in [0, 0.1) is 5.92 Å². The summed E-state index contributed by atoms with van der Waals surface area (Å²) in [6.07, 6.45) is 2.01. The Morgan fingerprint density at radius 3 is 2.56 bits per heavy atom. The van der Waals surface area contributed by atoms with Crippen LogP contribution < -0.4 is 9.62 Å². The molecule has 1 N–H and O–H groups in total. The fourth-order valence-electron chi connectivity index (χ4n) is 4.55. The highest BCUT2D eigenvalue weighted by Gasteiger charge is 2.41. The lowest BCUT2D eigenvalue weighted by Gasteiger charge is -2.36. The Hall–Kier alpha value is -1.93. The number of aromatic nitrogens is 4. The molecule has 5 rings (SSSR count). The minimum atomic E-state index is -3.88. The maximum Gasteiger partial charge on any atom is 0.291 e. The number of ether oxygens (including phenoxy) is 1. The molecule has 14 heteroatoms. The van der Waals surface area contributed by atoms with Crippen LogP contribution in [0.25, 0.3) is 16.3 Å². The number of halogens is 3. The Morgan fingerprint density at radius 2 is 1.97 bits per heavy atom. The van der Waals surface area contributed by atoms with Crippen molar-refractivity contribution in [3.8, 4) is 10.8 Å². The molecule has 1 unspecified atom stereocenters. The average molecular weight is 561 g/mol. The van der Waals surface area contributed by atoms with Gasteiger partial charge >= 0.3 is 0 Å². The summed E-state index contributed by atoms with van der Waals surface area (Å²) in [6.45, 7) is 5.26. The van der Waals surface area contributed by atoms with Gasteiger partial charge in [0.25, 0.3) is 6.43 Å². The quantitative estimate of drug-likeness (QED) is 0.432. The van der Waals surface area contributed by atoms with Gasteiger partial charge < -0.3 is 9.64 Å². The summed E-state index contributed by atoms with van der Waals surface area (Å²) in [5, 5.41) is 7.23. The molecule has 196 valence electrons. The van der Waals surface area contributed by atoms with Crippen molar-refractivity contribution < 1.29 is 21.9 Å². The third kappa shape index (κ3) is 4.83. The number of nitrogens with zero attached hydrogens (tertiary/aromatic N) is 5. The molecule has 2 fully saturated rings. The molecule has 1 aliphatic heterocycles. The molecule has 0 amide bonds. The molecule has 0 bridgehead atoms. The fourth-order valence-corrected chi connectivity index (χ4v) is 6.99. The number of pyridine rings is 1. The monoisotopic (exact) mass is 560 g/mol. The minimum Gasteiger partial charge on any atom is -0.381 e. The topological polar surface area (TPSA) is 102 Å². The van der Waals surface area contributed by atoms with E-state index in [0.717, 1.165) is 25.7 Å². The highest BCUT2D eigenvalue weighted by atomic mass is 35.5. The zero-order valence-electron chi connectivity index (χ0n) is 20.0. The fraction of sp³-hybridized carbons (Fsp3) is 0.591. The maximum absolute atomic E-state index is 13.4. The number of methoxy groups -OCH3 is 1. The van der Waals surface area contributed by atoms with E-state index in [2.05, 4.69) is 24.8 Å². The Kier molecular flexibility index (Phi) is 6.73. The van der Waals surface area contributed by atoms with Crippen molar-refractivity contribution in [2.45, 2.75) is 62.5 Å². The first kappa shape index (κ1) is 25.7. The van der Waals surface area contributed by atoms with Crippen molar-refractivity contribution in [2.24, 2.45) is 5.92 Å². The number of sulfonamides is 1. The third-order valence-corrected chi connectivity index (χ3v) is 9.87. The lowest BCUT2D eigenvalue weighted by Crippen LogP contribution is -2.38. The van der Waals surface area contributed by atoms with Crippen LogP contribution in [0.5, 0.6) is 0 Å². The number of alkyl halides is 2. The van der Waals surface area contributed by atoms with Gasteiger partial charge in [-0.15, -0.1) is 10.2 Å². The molecular formula is C22H27ClF2N6O3S2. The van der Waals surface area contributed by atoms with E-state index >= 15 is 0 Å². The third-order valence-electron chi connectivity index (χ3n) is 7.07. The zero-order chi connectivity index (χ0) is 25.8. The molecule has 1 saturated carbocycles. The first-order chi connectivity index (χ1) is 17.0. The smallest absolute Gasteiger partial charge is 0.291 e. The normalized spacial score (nSPS) is 19.4. The van der Waals surface area contributed by atoms with Crippen LogP contribution in [0.1, 0.15) is 51.0 Å². The lowest BCUT2D eigenvalue weighted by molar-refractivity contribution is 0.0564. The number of rotatable bonds is 8. The molecule has 0 spiro atoms. The van der Waals surface area contributed by atoms with Gasteiger partial charge in [0.05, 0.1) is 11.8 Å². The van der Waals surface area contributed by atoms with Crippen LogP contribution in [-0.4, -0.2) is 59.8 Å². The largest absolute Gasteiger partial charge is 0.381 e. The molecule has 36 heavy (non-hydrogen) atoms. The number of piperidine rings is 1. The summed E-state index contributed by atoms with van der Waals surface area (Å²) < 4.78 is 62.9. The van der Waals surface area contributed by atoms with Crippen molar-refractivity contribution in [1.82, 2.24) is 24.3 Å². The molecule has 1 atom stereocenters. The van der Waals surface area contributed by atoms with Crippen LogP contribution >= 0.6 is 22.9 Å². The van der Waals surface area contributed by atoms with Crippen LogP contribution in [0.3, 0.4) is 0 Å². The van der Waals surface area contributed by atoms with Gasteiger partial charge in [0.1, 0.15) is 10.4 Å². The maximum atomic E-state index is 13.4. The predicted octanol–water partition coefficient (Wildman–Crippen LogP) is 4.53. The molecule has 4 heterocycles. The lowest BCUT2D eigenvalue weighted by atomic mass is 9.92. The molecular weight excluding hydrogens is 534 g/mol. The van der Waals surface area contributed by atoms with Gasteiger partial charge in [-0.05, 0) is 51.5 Å².